The summed E-state index contributed by atoms with van der Waals surface area (Å²) in [6.45, 7) is 1.88. The highest BCUT2D eigenvalue weighted by Gasteiger charge is 2.16. The molecule has 0 aliphatic rings. The molecule has 1 aromatic heterocycles. The van der Waals surface area contributed by atoms with Crippen LogP contribution in [0.2, 0.25) is 0 Å². The Kier molecular flexibility index (Phi) is 5.68. The molecule has 118 valence electrons. The van der Waals surface area contributed by atoms with Crippen LogP contribution in [0.5, 0.6) is 0 Å². The molecule has 1 aromatic carbocycles. The first-order valence-corrected chi connectivity index (χ1v) is 9.42. The summed E-state index contributed by atoms with van der Waals surface area (Å²) in [5, 5.41) is 5.72. The van der Waals surface area contributed by atoms with Crippen molar-refractivity contribution in [2.45, 2.75) is 13.0 Å². The van der Waals surface area contributed by atoms with Gasteiger partial charge in [0.05, 0.1) is 0 Å². The molecule has 0 aliphatic heterocycles. The van der Waals surface area contributed by atoms with E-state index in [9.17, 15) is 9.00 Å². The van der Waals surface area contributed by atoms with Gasteiger partial charge in [0.25, 0.3) is 0 Å². The minimum atomic E-state index is -0.927. The van der Waals surface area contributed by atoms with E-state index in [-0.39, 0.29) is 12.1 Å². The van der Waals surface area contributed by atoms with E-state index in [0.29, 0.717) is 5.75 Å². The highest BCUT2D eigenvalue weighted by atomic mass is 32.2. The highest BCUT2D eigenvalue weighted by Crippen LogP contribution is 2.23. The molecular weight excluding hydrogens is 318 g/mol. The first kappa shape index (κ1) is 16.6. The standard InChI is InChI=1S/C15H19N3O2S2/c1-11(10-22(3)20)18(2)15(19)17-13-6-4-12(5-7-13)14-16-8-9-21-14/h4-9,11H,10H2,1-3H3,(H,17,19)/t11-,22+/m1/s1. The zero-order valence-electron chi connectivity index (χ0n) is 12.8. The summed E-state index contributed by atoms with van der Waals surface area (Å²) in [5.74, 6) is 0.465. The van der Waals surface area contributed by atoms with Crippen molar-refractivity contribution in [3.05, 3.63) is 35.8 Å². The van der Waals surface area contributed by atoms with Crippen LogP contribution in [0, 0.1) is 0 Å². The lowest BCUT2D eigenvalue weighted by atomic mass is 10.2. The van der Waals surface area contributed by atoms with Gasteiger partial charge in [-0.3, -0.25) is 4.21 Å². The minimum Gasteiger partial charge on any atom is -0.324 e. The summed E-state index contributed by atoms with van der Waals surface area (Å²) in [6, 6.07) is 7.27. The molecule has 0 saturated heterocycles. The van der Waals surface area contributed by atoms with Crippen molar-refractivity contribution >= 4 is 33.9 Å². The van der Waals surface area contributed by atoms with E-state index in [1.54, 1.807) is 35.7 Å². The molecule has 0 fully saturated rings. The molecule has 0 aliphatic carbocycles. The second-order valence-electron chi connectivity index (χ2n) is 5.04. The molecule has 0 saturated carbocycles. The monoisotopic (exact) mass is 337 g/mol. The molecule has 2 rings (SSSR count). The Labute approximate surface area is 136 Å². The number of amides is 2. The number of anilines is 1. The van der Waals surface area contributed by atoms with Crippen LogP contribution >= 0.6 is 11.3 Å². The molecule has 2 atom stereocenters. The summed E-state index contributed by atoms with van der Waals surface area (Å²) >= 11 is 1.57. The van der Waals surface area contributed by atoms with Crippen molar-refractivity contribution in [2.75, 3.05) is 24.4 Å². The predicted octanol–water partition coefficient (Wildman–Crippen LogP) is 3.04. The molecule has 1 heterocycles. The number of hydrogen-bond donors (Lipinski definition) is 1. The van der Waals surface area contributed by atoms with Crippen molar-refractivity contribution in [3.63, 3.8) is 0 Å². The third-order valence-electron chi connectivity index (χ3n) is 3.27. The number of rotatable bonds is 5. The van der Waals surface area contributed by atoms with E-state index in [0.717, 1.165) is 16.3 Å². The number of thiazole rings is 1. The molecule has 5 nitrogen and oxygen atoms in total. The normalized spacial score (nSPS) is 13.4. The van der Waals surface area contributed by atoms with Crippen LogP contribution in [0.25, 0.3) is 10.6 Å². The van der Waals surface area contributed by atoms with Crippen molar-refractivity contribution < 1.29 is 9.00 Å². The average Bonchev–Trinajstić information content (AvgIpc) is 3.00. The van der Waals surface area contributed by atoms with Gasteiger partial charge in [0.15, 0.2) is 0 Å². The molecule has 0 spiro atoms. The van der Waals surface area contributed by atoms with Gasteiger partial charge in [-0.1, -0.05) is 0 Å². The van der Waals surface area contributed by atoms with Gasteiger partial charge in [-0.05, 0) is 31.2 Å². The fourth-order valence-corrected chi connectivity index (χ4v) is 3.47. The molecule has 1 N–H and O–H groups in total. The third kappa shape index (κ3) is 4.38. The van der Waals surface area contributed by atoms with E-state index in [1.807, 2.05) is 36.6 Å². The topological polar surface area (TPSA) is 62.3 Å². The van der Waals surface area contributed by atoms with Crippen LogP contribution in [0.4, 0.5) is 10.5 Å². The smallest absolute Gasteiger partial charge is 0.321 e. The number of aromatic nitrogens is 1. The summed E-state index contributed by atoms with van der Waals surface area (Å²) < 4.78 is 11.2. The van der Waals surface area contributed by atoms with Crippen LogP contribution in [0.15, 0.2) is 35.8 Å². The second kappa shape index (κ2) is 7.51. The maximum Gasteiger partial charge on any atom is 0.321 e. The van der Waals surface area contributed by atoms with E-state index < -0.39 is 10.8 Å². The Morgan fingerprint density at radius 3 is 2.64 bits per heavy atom. The Balaban J connectivity index is 1.98. The molecule has 2 aromatic rings. The summed E-state index contributed by atoms with van der Waals surface area (Å²) in [5.41, 5.74) is 1.75. The lowest BCUT2D eigenvalue weighted by molar-refractivity contribution is 0.212. The summed E-state index contributed by atoms with van der Waals surface area (Å²) in [4.78, 5) is 18.0. The lowest BCUT2D eigenvalue weighted by Crippen LogP contribution is -2.40. The second-order valence-corrected chi connectivity index (χ2v) is 7.42. The molecule has 22 heavy (non-hydrogen) atoms. The van der Waals surface area contributed by atoms with E-state index in [2.05, 4.69) is 10.3 Å². The zero-order valence-corrected chi connectivity index (χ0v) is 14.4. The highest BCUT2D eigenvalue weighted by molar-refractivity contribution is 7.84. The summed E-state index contributed by atoms with van der Waals surface area (Å²) in [7, 11) is 0.778. The molecule has 0 radical (unpaired) electrons. The van der Waals surface area contributed by atoms with E-state index >= 15 is 0 Å². The SMILES string of the molecule is C[C@H](C[S@](C)=O)N(C)C(=O)Nc1ccc(-c2nccs2)cc1. The minimum absolute atomic E-state index is 0.0829. The third-order valence-corrected chi connectivity index (χ3v) is 5.05. The van der Waals surface area contributed by atoms with Crippen molar-refractivity contribution in [3.8, 4) is 10.6 Å². The van der Waals surface area contributed by atoms with Crippen LogP contribution in [-0.4, -0.2) is 45.2 Å². The quantitative estimate of drug-likeness (QED) is 0.912. The Morgan fingerprint density at radius 1 is 1.41 bits per heavy atom. The van der Waals surface area contributed by atoms with Gasteiger partial charge in [0.2, 0.25) is 0 Å². The maximum atomic E-state index is 12.2. The molecule has 2 amide bonds. The zero-order chi connectivity index (χ0) is 16.1. The van der Waals surface area contributed by atoms with Crippen LogP contribution in [-0.2, 0) is 10.8 Å². The van der Waals surface area contributed by atoms with E-state index in [1.165, 1.54) is 0 Å². The van der Waals surface area contributed by atoms with Gasteiger partial charge >= 0.3 is 6.03 Å². The number of benzene rings is 1. The number of carbonyl (C=O) groups is 1. The summed E-state index contributed by atoms with van der Waals surface area (Å²) in [6.07, 6.45) is 3.41. The number of carbonyl (C=O) groups excluding carboxylic acids is 1. The predicted molar refractivity (Wildman–Crippen MR) is 92.7 cm³/mol. The number of nitrogens with zero attached hydrogens (tertiary/aromatic N) is 2. The van der Waals surface area contributed by atoms with Gasteiger partial charge in [0.1, 0.15) is 5.01 Å². The lowest BCUT2D eigenvalue weighted by Gasteiger charge is -2.24. The van der Waals surface area contributed by atoms with Crippen LogP contribution < -0.4 is 5.32 Å². The van der Waals surface area contributed by atoms with Crippen molar-refractivity contribution in [1.82, 2.24) is 9.88 Å². The van der Waals surface area contributed by atoms with Crippen LogP contribution in [0.1, 0.15) is 6.92 Å². The number of hydrogen-bond acceptors (Lipinski definition) is 4. The van der Waals surface area contributed by atoms with E-state index in [4.69, 9.17) is 0 Å². The van der Waals surface area contributed by atoms with Crippen molar-refractivity contribution in [2.24, 2.45) is 0 Å². The maximum absolute atomic E-state index is 12.2. The number of nitrogens with one attached hydrogen (secondary N) is 1. The Bertz CT molecular complexity index is 641. The molecular formula is C15H19N3O2S2. The Hall–Kier alpha value is -1.73. The first-order valence-electron chi connectivity index (χ1n) is 6.81. The first-order chi connectivity index (χ1) is 10.5. The van der Waals surface area contributed by atoms with Gasteiger partial charge in [-0.25, -0.2) is 9.78 Å². The molecule has 0 bridgehead atoms. The Morgan fingerprint density at radius 2 is 2.09 bits per heavy atom. The molecule has 7 heteroatoms. The fraction of sp³-hybridized carbons (Fsp3) is 0.333. The van der Waals surface area contributed by atoms with Gasteiger partial charge < -0.3 is 10.2 Å². The average molecular weight is 337 g/mol. The molecule has 0 unspecified atom stereocenters. The van der Waals surface area contributed by atoms with Gasteiger partial charge in [-0.2, -0.15) is 0 Å². The van der Waals surface area contributed by atoms with Gasteiger partial charge in [0, 0.05) is 58.7 Å². The van der Waals surface area contributed by atoms with Crippen LogP contribution in [0.3, 0.4) is 0 Å². The van der Waals surface area contributed by atoms with Crippen molar-refractivity contribution in [1.29, 1.82) is 0 Å². The largest absolute Gasteiger partial charge is 0.324 e. The fourth-order valence-electron chi connectivity index (χ4n) is 1.93. The van der Waals surface area contributed by atoms with Gasteiger partial charge in [-0.15, -0.1) is 11.3 Å². The number of urea groups is 1.